The average molecular weight is 236 g/mol. The molecule has 1 N–H and O–H groups in total. The standard InChI is InChI=1S/C11H16N4O2/c1-15-9(3-4-14-15)10-7-13-11(17-10)8-12-5-6-16-2/h3-4,7,12H,5-6,8H2,1-2H3. The molecule has 0 radical (unpaired) electrons. The first-order valence-electron chi connectivity index (χ1n) is 5.44. The highest BCUT2D eigenvalue weighted by molar-refractivity contribution is 5.50. The third kappa shape index (κ3) is 2.92. The Hall–Kier alpha value is -1.66. The second-order valence-corrected chi connectivity index (χ2v) is 3.63. The van der Waals surface area contributed by atoms with E-state index in [1.165, 1.54) is 0 Å². The van der Waals surface area contributed by atoms with Crippen LogP contribution in [0.15, 0.2) is 22.9 Å². The minimum atomic E-state index is 0.598. The highest BCUT2D eigenvalue weighted by atomic mass is 16.5. The summed E-state index contributed by atoms with van der Waals surface area (Å²) in [5.41, 5.74) is 0.917. The zero-order chi connectivity index (χ0) is 12.1. The van der Waals surface area contributed by atoms with Crippen LogP contribution in [0.25, 0.3) is 11.5 Å². The number of oxazole rings is 1. The van der Waals surface area contributed by atoms with Gasteiger partial charge in [0.05, 0.1) is 19.3 Å². The number of methoxy groups -OCH3 is 1. The Morgan fingerprint density at radius 2 is 2.41 bits per heavy atom. The van der Waals surface area contributed by atoms with Crippen molar-refractivity contribution in [1.82, 2.24) is 20.1 Å². The molecular weight excluding hydrogens is 220 g/mol. The van der Waals surface area contributed by atoms with E-state index in [-0.39, 0.29) is 0 Å². The summed E-state index contributed by atoms with van der Waals surface area (Å²) in [4.78, 5) is 4.20. The summed E-state index contributed by atoms with van der Waals surface area (Å²) in [6, 6.07) is 1.89. The molecule has 2 rings (SSSR count). The lowest BCUT2D eigenvalue weighted by atomic mass is 10.3. The first-order chi connectivity index (χ1) is 8.31. The third-order valence-corrected chi connectivity index (χ3v) is 2.39. The van der Waals surface area contributed by atoms with Gasteiger partial charge in [0.25, 0.3) is 0 Å². The van der Waals surface area contributed by atoms with E-state index in [4.69, 9.17) is 9.15 Å². The summed E-state index contributed by atoms with van der Waals surface area (Å²) in [6.07, 6.45) is 3.44. The van der Waals surface area contributed by atoms with Gasteiger partial charge in [-0.3, -0.25) is 4.68 Å². The maximum atomic E-state index is 5.61. The van der Waals surface area contributed by atoms with Crippen LogP contribution in [0.4, 0.5) is 0 Å². The number of nitrogens with zero attached hydrogens (tertiary/aromatic N) is 3. The molecule has 0 spiro atoms. The summed E-state index contributed by atoms with van der Waals surface area (Å²) >= 11 is 0. The molecule has 0 saturated carbocycles. The monoisotopic (exact) mass is 236 g/mol. The molecule has 0 aliphatic carbocycles. The second-order valence-electron chi connectivity index (χ2n) is 3.63. The van der Waals surface area contributed by atoms with Crippen LogP contribution in [0.5, 0.6) is 0 Å². The van der Waals surface area contributed by atoms with Gasteiger partial charge in [-0.1, -0.05) is 0 Å². The van der Waals surface area contributed by atoms with Gasteiger partial charge >= 0.3 is 0 Å². The molecular formula is C11H16N4O2. The highest BCUT2D eigenvalue weighted by Crippen LogP contribution is 2.18. The molecule has 2 aromatic rings. The number of aromatic nitrogens is 3. The lowest BCUT2D eigenvalue weighted by molar-refractivity contribution is 0.198. The summed E-state index contributed by atoms with van der Waals surface area (Å²) in [5, 5.41) is 7.26. The predicted octanol–water partition coefficient (Wildman–Crippen LogP) is 0.811. The van der Waals surface area contributed by atoms with Gasteiger partial charge in [-0.05, 0) is 6.07 Å². The van der Waals surface area contributed by atoms with Gasteiger partial charge in [0, 0.05) is 26.9 Å². The zero-order valence-electron chi connectivity index (χ0n) is 10.0. The van der Waals surface area contributed by atoms with Crippen molar-refractivity contribution in [2.24, 2.45) is 7.05 Å². The first-order valence-corrected chi connectivity index (χ1v) is 5.44. The van der Waals surface area contributed by atoms with E-state index < -0.39 is 0 Å². The molecule has 6 nitrogen and oxygen atoms in total. The maximum absolute atomic E-state index is 5.61. The van der Waals surface area contributed by atoms with E-state index in [1.807, 2.05) is 13.1 Å². The quantitative estimate of drug-likeness (QED) is 0.752. The Morgan fingerprint density at radius 1 is 1.53 bits per heavy atom. The molecule has 6 heteroatoms. The average Bonchev–Trinajstić information content (AvgIpc) is 2.93. The fourth-order valence-electron chi connectivity index (χ4n) is 1.50. The van der Waals surface area contributed by atoms with Crippen LogP contribution in [0.2, 0.25) is 0 Å². The number of hydrogen-bond acceptors (Lipinski definition) is 5. The minimum absolute atomic E-state index is 0.598. The number of aryl methyl sites for hydroxylation is 1. The van der Waals surface area contributed by atoms with Crippen LogP contribution < -0.4 is 5.32 Å². The van der Waals surface area contributed by atoms with Crippen molar-refractivity contribution in [3.63, 3.8) is 0 Å². The van der Waals surface area contributed by atoms with Crippen molar-refractivity contribution in [2.45, 2.75) is 6.54 Å². The third-order valence-electron chi connectivity index (χ3n) is 2.39. The molecule has 0 aromatic carbocycles. The Balaban J connectivity index is 1.95. The van der Waals surface area contributed by atoms with Crippen LogP contribution in [-0.4, -0.2) is 35.0 Å². The summed E-state index contributed by atoms with van der Waals surface area (Å²) in [6.45, 7) is 2.05. The maximum Gasteiger partial charge on any atom is 0.208 e. The van der Waals surface area contributed by atoms with E-state index >= 15 is 0 Å². The van der Waals surface area contributed by atoms with Crippen LogP contribution in [0.3, 0.4) is 0 Å². The summed E-state index contributed by atoms with van der Waals surface area (Å²) < 4.78 is 12.3. The van der Waals surface area contributed by atoms with Gasteiger partial charge in [-0.25, -0.2) is 4.98 Å². The Bertz CT molecular complexity index is 463. The number of rotatable bonds is 6. The van der Waals surface area contributed by atoms with Crippen LogP contribution in [0.1, 0.15) is 5.89 Å². The molecule has 2 aromatic heterocycles. The lowest BCUT2D eigenvalue weighted by Gasteiger charge is -2.00. The van der Waals surface area contributed by atoms with Crippen LogP contribution in [-0.2, 0) is 18.3 Å². The molecule has 2 heterocycles. The fraction of sp³-hybridized carbons (Fsp3) is 0.455. The molecule has 0 aliphatic heterocycles. The number of hydrogen-bond donors (Lipinski definition) is 1. The fourth-order valence-corrected chi connectivity index (χ4v) is 1.50. The van der Waals surface area contributed by atoms with Gasteiger partial charge < -0.3 is 14.5 Å². The van der Waals surface area contributed by atoms with Crippen molar-refractivity contribution >= 4 is 0 Å². The largest absolute Gasteiger partial charge is 0.438 e. The smallest absolute Gasteiger partial charge is 0.208 e. The first kappa shape index (κ1) is 11.8. The van der Waals surface area contributed by atoms with E-state index in [0.717, 1.165) is 18.0 Å². The van der Waals surface area contributed by atoms with E-state index in [9.17, 15) is 0 Å². The molecule has 0 aliphatic rings. The van der Waals surface area contributed by atoms with Gasteiger partial charge in [-0.2, -0.15) is 5.10 Å². The Labute approximate surface area is 99.6 Å². The van der Waals surface area contributed by atoms with E-state index in [1.54, 1.807) is 24.2 Å². The zero-order valence-corrected chi connectivity index (χ0v) is 10.0. The number of ether oxygens (including phenoxy) is 1. The number of nitrogens with one attached hydrogen (secondary N) is 1. The van der Waals surface area contributed by atoms with E-state index in [0.29, 0.717) is 19.0 Å². The SMILES string of the molecule is COCCNCc1ncc(-c2ccnn2C)o1. The lowest BCUT2D eigenvalue weighted by Crippen LogP contribution is -2.18. The van der Waals surface area contributed by atoms with Crippen molar-refractivity contribution in [2.75, 3.05) is 20.3 Å². The van der Waals surface area contributed by atoms with Gasteiger partial charge in [0.1, 0.15) is 5.69 Å². The van der Waals surface area contributed by atoms with E-state index in [2.05, 4.69) is 15.4 Å². The normalized spacial score (nSPS) is 10.9. The highest BCUT2D eigenvalue weighted by Gasteiger charge is 2.08. The van der Waals surface area contributed by atoms with Gasteiger partial charge in [-0.15, -0.1) is 0 Å². The van der Waals surface area contributed by atoms with Crippen LogP contribution >= 0.6 is 0 Å². The molecule has 0 atom stereocenters. The summed E-state index contributed by atoms with van der Waals surface area (Å²) in [5.74, 6) is 1.39. The molecule has 0 amide bonds. The Morgan fingerprint density at radius 3 is 3.12 bits per heavy atom. The topological polar surface area (TPSA) is 65.1 Å². The van der Waals surface area contributed by atoms with Crippen molar-refractivity contribution in [3.8, 4) is 11.5 Å². The van der Waals surface area contributed by atoms with Crippen molar-refractivity contribution in [1.29, 1.82) is 0 Å². The van der Waals surface area contributed by atoms with Gasteiger partial charge in [0.2, 0.25) is 5.89 Å². The molecule has 0 unspecified atom stereocenters. The van der Waals surface area contributed by atoms with Crippen molar-refractivity contribution < 1.29 is 9.15 Å². The Kier molecular flexibility index (Phi) is 3.89. The molecule has 17 heavy (non-hydrogen) atoms. The van der Waals surface area contributed by atoms with Gasteiger partial charge in [0.15, 0.2) is 5.76 Å². The minimum Gasteiger partial charge on any atom is -0.438 e. The molecule has 92 valence electrons. The molecule has 0 bridgehead atoms. The van der Waals surface area contributed by atoms with Crippen molar-refractivity contribution in [3.05, 3.63) is 24.4 Å². The van der Waals surface area contributed by atoms with Crippen LogP contribution in [0, 0.1) is 0 Å². The predicted molar refractivity (Wildman–Crippen MR) is 62.3 cm³/mol. The molecule has 0 saturated heterocycles. The second kappa shape index (κ2) is 5.60. The summed E-state index contributed by atoms with van der Waals surface area (Å²) in [7, 11) is 3.54. The molecule has 0 fully saturated rings.